The van der Waals surface area contributed by atoms with Gasteiger partial charge >= 0.3 is 0 Å². The second-order valence-corrected chi connectivity index (χ2v) is 5.89. The van der Waals surface area contributed by atoms with E-state index in [1.54, 1.807) is 18.2 Å². The van der Waals surface area contributed by atoms with Gasteiger partial charge in [0.15, 0.2) is 0 Å². The Bertz CT molecular complexity index is 869. The molecule has 0 saturated carbocycles. The second kappa shape index (κ2) is 4.74. The fourth-order valence-corrected chi connectivity index (χ4v) is 3.06. The minimum absolute atomic E-state index is 0.0622. The maximum Gasteiger partial charge on any atom is 0.295 e. The highest BCUT2D eigenvalue weighted by Crippen LogP contribution is 2.32. The summed E-state index contributed by atoms with van der Waals surface area (Å²) in [7, 11) is -4.23. The quantitative estimate of drug-likeness (QED) is 0.729. The lowest BCUT2D eigenvalue weighted by Crippen LogP contribution is -1.99. The molecule has 20 heavy (non-hydrogen) atoms. The van der Waals surface area contributed by atoms with Crippen LogP contribution < -0.4 is 0 Å². The third kappa shape index (κ3) is 2.19. The Kier molecular flexibility index (Phi) is 3.04. The number of hydrogen-bond acceptors (Lipinski definition) is 2. The zero-order chi connectivity index (χ0) is 14.2. The molecule has 0 heterocycles. The van der Waals surface area contributed by atoms with Crippen molar-refractivity contribution in [3.63, 3.8) is 0 Å². The third-order valence-corrected chi connectivity index (χ3v) is 4.16. The van der Waals surface area contributed by atoms with Gasteiger partial charge in [0, 0.05) is 5.39 Å². The number of fused-ring (bicyclic) bond motifs is 1. The monoisotopic (exact) mass is 284 g/mol. The average Bonchev–Trinajstić information content (AvgIpc) is 2.46. The lowest BCUT2D eigenvalue weighted by atomic mass is 9.98. The molecule has 0 saturated heterocycles. The van der Waals surface area contributed by atoms with Crippen LogP contribution in [0.4, 0.5) is 0 Å². The molecule has 3 aromatic carbocycles. The van der Waals surface area contributed by atoms with Crippen LogP contribution in [0.2, 0.25) is 0 Å². The van der Waals surface area contributed by atoms with E-state index in [9.17, 15) is 13.0 Å². The molecule has 0 aliphatic rings. The fraction of sp³-hybridized carbons (Fsp3) is 0. The molecule has 0 fully saturated rings. The Morgan fingerprint density at radius 1 is 0.700 bits per heavy atom. The van der Waals surface area contributed by atoms with E-state index < -0.39 is 10.1 Å². The first-order chi connectivity index (χ1) is 9.57. The molecular formula is C16H12O3S. The molecule has 100 valence electrons. The van der Waals surface area contributed by atoms with E-state index in [2.05, 4.69) is 0 Å². The molecular weight excluding hydrogens is 272 g/mol. The summed E-state index contributed by atoms with van der Waals surface area (Å²) in [5, 5.41) is 1.32. The predicted octanol–water partition coefficient (Wildman–Crippen LogP) is 3.75. The van der Waals surface area contributed by atoms with E-state index in [-0.39, 0.29) is 4.90 Å². The van der Waals surface area contributed by atoms with Crippen LogP contribution in [0.15, 0.2) is 71.6 Å². The largest absolute Gasteiger partial charge is 0.295 e. The van der Waals surface area contributed by atoms with E-state index in [1.807, 2.05) is 42.5 Å². The lowest BCUT2D eigenvalue weighted by molar-refractivity contribution is 0.484. The summed E-state index contributed by atoms with van der Waals surface area (Å²) in [5.74, 6) is 0. The molecule has 0 aliphatic heterocycles. The van der Waals surface area contributed by atoms with Crippen LogP contribution in [-0.2, 0) is 10.1 Å². The summed E-state index contributed by atoms with van der Waals surface area (Å²) in [6, 6.07) is 20.1. The van der Waals surface area contributed by atoms with Crippen LogP contribution >= 0.6 is 0 Å². The standard InChI is InChI=1S/C16H12O3S/c17-20(18,19)16-11-10-13(12-6-2-1-3-7-12)14-8-4-5-9-15(14)16/h1-11H,(H,17,18,19). The lowest BCUT2D eigenvalue weighted by Gasteiger charge is -2.09. The van der Waals surface area contributed by atoms with Crippen molar-refractivity contribution in [1.82, 2.24) is 0 Å². The Morgan fingerprint density at radius 3 is 1.95 bits per heavy atom. The molecule has 0 bridgehead atoms. The van der Waals surface area contributed by atoms with Crippen molar-refractivity contribution < 1.29 is 13.0 Å². The molecule has 4 heteroatoms. The van der Waals surface area contributed by atoms with Crippen molar-refractivity contribution in [2.24, 2.45) is 0 Å². The summed E-state index contributed by atoms with van der Waals surface area (Å²) in [4.78, 5) is -0.0622. The van der Waals surface area contributed by atoms with E-state index in [0.29, 0.717) is 5.39 Å². The van der Waals surface area contributed by atoms with Gasteiger partial charge in [0.2, 0.25) is 0 Å². The molecule has 0 amide bonds. The van der Waals surface area contributed by atoms with E-state index in [0.717, 1.165) is 16.5 Å². The van der Waals surface area contributed by atoms with Crippen molar-refractivity contribution in [2.75, 3.05) is 0 Å². The molecule has 0 spiro atoms. The molecule has 0 aromatic heterocycles. The van der Waals surface area contributed by atoms with Crippen LogP contribution in [0.25, 0.3) is 21.9 Å². The molecule has 0 aliphatic carbocycles. The first-order valence-electron chi connectivity index (χ1n) is 6.12. The zero-order valence-corrected chi connectivity index (χ0v) is 11.3. The summed E-state index contributed by atoms with van der Waals surface area (Å²) in [5.41, 5.74) is 1.94. The molecule has 3 nitrogen and oxygen atoms in total. The molecule has 0 unspecified atom stereocenters. The first-order valence-corrected chi connectivity index (χ1v) is 7.56. The Hall–Kier alpha value is -2.17. The molecule has 3 rings (SSSR count). The van der Waals surface area contributed by atoms with Crippen LogP contribution in [0, 0.1) is 0 Å². The smallest absolute Gasteiger partial charge is 0.282 e. The molecule has 0 atom stereocenters. The number of hydrogen-bond donors (Lipinski definition) is 1. The maximum absolute atomic E-state index is 11.5. The van der Waals surface area contributed by atoms with Gasteiger partial charge < -0.3 is 0 Å². The van der Waals surface area contributed by atoms with Crippen molar-refractivity contribution >= 4 is 20.9 Å². The van der Waals surface area contributed by atoms with Gasteiger partial charge in [-0.05, 0) is 22.6 Å². The molecule has 1 N–H and O–H groups in total. The van der Waals surface area contributed by atoms with Crippen molar-refractivity contribution in [3.8, 4) is 11.1 Å². The summed E-state index contributed by atoms with van der Waals surface area (Å²) in [6.07, 6.45) is 0. The van der Waals surface area contributed by atoms with Gasteiger partial charge in [-0.25, -0.2) is 0 Å². The van der Waals surface area contributed by atoms with Crippen molar-refractivity contribution in [2.45, 2.75) is 4.90 Å². The Morgan fingerprint density at radius 2 is 1.30 bits per heavy atom. The van der Waals surface area contributed by atoms with Gasteiger partial charge in [-0.1, -0.05) is 60.7 Å². The normalized spacial score (nSPS) is 11.7. The topological polar surface area (TPSA) is 54.4 Å². The van der Waals surface area contributed by atoms with Crippen LogP contribution in [-0.4, -0.2) is 13.0 Å². The molecule has 0 radical (unpaired) electrons. The summed E-state index contributed by atoms with van der Waals surface area (Å²) >= 11 is 0. The highest BCUT2D eigenvalue weighted by molar-refractivity contribution is 7.86. The Labute approximate surface area is 117 Å². The summed E-state index contributed by atoms with van der Waals surface area (Å²) in [6.45, 7) is 0. The minimum atomic E-state index is -4.23. The van der Waals surface area contributed by atoms with Gasteiger partial charge in [0.05, 0.1) is 0 Å². The highest BCUT2D eigenvalue weighted by Gasteiger charge is 2.15. The average molecular weight is 284 g/mol. The fourth-order valence-electron chi connectivity index (χ4n) is 2.37. The molecule has 3 aromatic rings. The minimum Gasteiger partial charge on any atom is -0.282 e. The van der Waals surface area contributed by atoms with E-state index in [1.165, 1.54) is 6.07 Å². The maximum atomic E-state index is 11.5. The SMILES string of the molecule is O=S(=O)(O)c1ccc(-c2ccccc2)c2ccccc12. The van der Waals surface area contributed by atoms with E-state index >= 15 is 0 Å². The predicted molar refractivity (Wildman–Crippen MR) is 79.2 cm³/mol. The second-order valence-electron chi connectivity index (χ2n) is 4.50. The highest BCUT2D eigenvalue weighted by atomic mass is 32.2. The van der Waals surface area contributed by atoms with Crippen LogP contribution in [0.1, 0.15) is 0 Å². The number of benzene rings is 3. The van der Waals surface area contributed by atoms with Crippen molar-refractivity contribution in [3.05, 3.63) is 66.7 Å². The zero-order valence-electron chi connectivity index (χ0n) is 10.5. The first kappa shape index (κ1) is 12.8. The van der Waals surface area contributed by atoms with Gasteiger partial charge in [-0.3, -0.25) is 4.55 Å². The van der Waals surface area contributed by atoms with Gasteiger partial charge in [0.25, 0.3) is 10.1 Å². The summed E-state index contributed by atoms with van der Waals surface area (Å²) < 4.78 is 32.2. The Balaban J connectivity index is 2.39. The van der Waals surface area contributed by atoms with Crippen LogP contribution in [0.5, 0.6) is 0 Å². The third-order valence-electron chi connectivity index (χ3n) is 3.25. The van der Waals surface area contributed by atoms with Gasteiger partial charge in [-0.2, -0.15) is 8.42 Å². The van der Waals surface area contributed by atoms with Crippen molar-refractivity contribution in [1.29, 1.82) is 0 Å². The van der Waals surface area contributed by atoms with Crippen LogP contribution in [0.3, 0.4) is 0 Å². The van der Waals surface area contributed by atoms with Gasteiger partial charge in [0.1, 0.15) is 4.90 Å². The van der Waals surface area contributed by atoms with E-state index in [4.69, 9.17) is 0 Å². The van der Waals surface area contributed by atoms with Gasteiger partial charge in [-0.15, -0.1) is 0 Å². The number of rotatable bonds is 2.